The van der Waals surface area contributed by atoms with Crippen molar-refractivity contribution < 1.29 is 4.79 Å². The standard InChI is InChI=1S/C12H19N5O/c1-4-17(9-7-13-8-9)11-6-5-10(14-15-11)12(18)16(2)3/h5-6,9,13H,4,7-8H2,1-3H3. The van der Waals surface area contributed by atoms with E-state index in [2.05, 4.69) is 27.3 Å². The molecule has 0 aliphatic carbocycles. The van der Waals surface area contributed by atoms with E-state index in [1.807, 2.05) is 6.07 Å². The fraction of sp³-hybridized carbons (Fsp3) is 0.583. The van der Waals surface area contributed by atoms with Crippen LogP contribution in [-0.4, -0.2) is 60.8 Å². The quantitative estimate of drug-likeness (QED) is 0.812. The molecule has 0 unspecified atom stereocenters. The molecule has 2 heterocycles. The summed E-state index contributed by atoms with van der Waals surface area (Å²) in [5, 5.41) is 11.4. The average Bonchev–Trinajstić information content (AvgIpc) is 2.32. The first-order valence-corrected chi connectivity index (χ1v) is 6.16. The van der Waals surface area contributed by atoms with Crippen molar-refractivity contribution in [3.05, 3.63) is 17.8 Å². The molecule has 2 rings (SSSR count). The first-order valence-electron chi connectivity index (χ1n) is 6.16. The summed E-state index contributed by atoms with van der Waals surface area (Å²) in [5.41, 5.74) is 0.381. The molecule has 1 aliphatic heterocycles. The summed E-state index contributed by atoms with van der Waals surface area (Å²) in [4.78, 5) is 15.4. The van der Waals surface area contributed by atoms with E-state index in [0.29, 0.717) is 11.7 Å². The second kappa shape index (κ2) is 5.30. The Hall–Kier alpha value is -1.69. The minimum Gasteiger partial charge on any atom is -0.350 e. The van der Waals surface area contributed by atoms with Gasteiger partial charge in [0.25, 0.3) is 5.91 Å². The van der Waals surface area contributed by atoms with Gasteiger partial charge in [-0.25, -0.2) is 0 Å². The summed E-state index contributed by atoms with van der Waals surface area (Å²) in [5.74, 6) is 0.710. The molecule has 0 spiro atoms. The zero-order valence-corrected chi connectivity index (χ0v) is 11.1. The molecule has 0 radical (unpaired) electrons. The van der Waals surface area contributed by atoms with Crippen LogP contribution >= 0.6 is 0 Å². The van der Waals surface area contributed by atoms with Crippen LogP contribution in [0.4, 0.5) is 5.82 Å². The molecule has 0 atom stereocenters. The molecule has 1 amide bonds. The van der Waals surface area contributed by atoms with Crippen molar-refractivity contribution in [3.63, 3.8) is 0 Å². The average molecular weight is 249 g/mol. The van der Waals surface area contributed by atoms with Crippen LogP contribution in [0, 0.1) is 0 Å². The topological polar surface area (TPSA) is 61.4 Å². The molecule has 6 heteroatoms. The van der Waals surface area contributed by atoms with Crippen LogP contribution in [0.1, 0.15) is 17.4 Å². The number of likely N-dealkylation sites (N-methyl/N-ethyl adjacent to an activating group) is 1. The van der Waals surface area contributed by atoms with Crippen LogP contribution in [0.5, 0.6) is 0 Å². The van der Waals surface area contributed by atoms with Crippen molar-refractivity contribution in [2.24, 2.45) is 0 Å². The maximum Gasteiger partial charge on any atom is 0.273 e. The van der Waals surface area contributed by atoms with Crippen LogP contribution in [0.15, 0.2) is 12.1 Å². The summed E-state index contributed by atoms with van der Waals surface area (Å²) in [6, 6.07) is 4.09. The summed E-state index contributed by atoms with van der Waals surface area (Å²) in [6.07, 6.45) is 0. The van der Waals surface area contributed by atoms with Crippen molar-refractivity contribution in [1.29, 1.82) is 0 Å². The molecule has 6 nitrogen and oxygen atoms in total. The molecule has 1 fully saturated rings. The van der Waals surface area contributed by atoms with Crippen molar-refractivity contribution in [1.82, 2.24) is 20.4 Å². The lowest BCUT2D eigenvalue weighted by molar-refractivity contribution is 0.0821. The Balaban J connectivity index is 2.13. The van der Waals surface area contributed by atoms with E-state index in [1.54, 1.807) is 20.2 Å². The van der Waals surface area contributed by atoms with E-state index in [1.165, 1.54) is 4.90 Å². The number of nitrogens with one attached hydrogen (secondary N) is 1. The highest BCUT2D eigenvalue weighted by molar-refractivity contribution is 5.91. The molecule has 1 aliphatic rings. The number of aromatic nitrogens is 2. The summed E-state index contributed by atoms with van der Waals surface area (Å²) in [7, 11) is 3.41. The van der Waals surface area contributed by atoms with E-state index in [0.717, 1.165) is 25.5 Å². The number of anilines is 1. The second-order valence-corrected chi connectivity index (χ2v) is 4.57. The Morgan fingerprint density at radius 1 is 1.39 bits per heavy atom. The molecule has 0 saturated carbocycles. The molecule has 0 bridgehead atoms. The SMILES string of the molecule is CCN(c1ccc(C(=O)N(C)C)nn1)C1CNC1. The van der Waals surface area contributed by atoms with E-state index >= 15 is 0 Å². The minimum atomic E-state index is -0.123. The molecule has 18 heavy (non-hydrogen) atoms. The van der Waals surface area contributed by atoms with E-state index in [9.17, 15) is 4.79 Å². The fourth-order valence-electron chi connectivity index (χ4n) is 1.92. The van der Waals surface area contributed by atoms with Gasteiger partial charge in [0, 0.05) is 33.7 Å². The van der Waals surface area contributed by atoms with Crippen molar-refractivity contribution in [3.8, 4) is 0 Å². The largest absolute Gasteiger partial charge is 0.350 e. The van der Waals surface area contributed by atoms with Gasteiger partial charge in [0.15, 0.2) is 11.5 Å². The van der Waals surface area contributed by atoms with Gasteiger partial charge in [-0.2, -0.15) is 0 Å². The maximum absolute atomic E-state index is 11.7. The Morgan fingerprint density at radius 3 is 2.50 bits per heavy atom. The third-order valence-electron chi connectivity index (χ3n) is 3.11. The fourth-order valence-corrected chi connectivity index (χ4v) is 1.92. The first-order chi connectivity index (χ1) is 8.63. The lowest BCUT2D eigenvalue weighted by atomic mass is 10.1. The van der Waals surface area contributed by atoms with Crippen molar-refractivity contribution in [2.75, 3.05) is 38.6 Å². The molecular formula is C12H19N5O. The van der Waals surface area contributed by atoms with E-state index in [4.69, 9.17) is 0 Å². The lowest BCUT2D eigenvalue weighted by Crippen LogP contribution is -2.57. The molecular weight excluding hydrogens is 230 g/mol. The predicted octanol–water partition coefficient (Wildman–Crippen LogP) is -0.0235. The Morgan fingerprint density at radius 2 is 2.11 bits per heavy atom. The van der Waals surface area contributed by atoms with Gasteiger partial charge >= 0.3 is 0 Å². The maximum atomic E-state index is 11.7. The first kappa shape index (κ1) is 12.8. The Bertz CT molecular complexity index is 413. The zero-order chi connectivity index (χ0) is 13.1. The molecule has 1 aromatic rings. The third-order valence-corrected chi connectivity index (χ3v) is 3.11. The van der Waals surface area contributed by atoms with Gasteiger partial charge in [0.05, 0.1) is 6.04 Å². The monoisotopic (exact) mass is 249 g/mol. The third kappa shape index (κ3) is 2.43. The summed E-state index contributed by atoms with van der Waals surface area (Å²) < 4.78 is 0. The van der Waals surface area contributed by atoms with Gasteiger partial charge in [0.2, 0.25) is 0 Å². The smallest absolute Gasteiger partial charge is 0.273 e. The molecule has 98 valence electrons. The van der Waals surface area contributed by atoms with Crippen LogP contribution in [0.25, 0.3) is 0 Å². The van der Waals surface area contributed by atoms with Gasteiger partial charge in [-0.3, -0.25) is 4.79 Å². The van der Waals surface area contributed by atoms with E-state index < -0.39 is 0 Å². The van der Waals surface area contributed by atoms with Crippen LogP contribution < -0.4 is 10.2 Å². The Kier molecular flexibility index (Phi) is 3.76. The summed E-state index contributed by atoms with van der Waals surface area (Å²) >= 11 is 0. The Labute approximate surface area is 107 Å². The summed E-state index contributed by atoms with van der Waals surface area (Å²) in [6.45, 7) is 4.95. The molecule has 0 aromatic carbocycles. The van der Waals surface area contributed by atoms with Gasteiger partial charge in [-0.05, 0) is 19.1 Å². The van der Waals surface area contributed by atoms with Crippen LogP contribution in [0.3, 0.4) is 0 Å². The highest BCUT2D eigenvalue weighted by atomic mass is 16.2. The van der Waals surface area contributed by atoms with Crippen LogP contribution in [-0.2, 0) is 0 Å². The number of hydrogen-bond acceptors (Lipinski definition) is 5. The number of hydrogen-bond donors (Lipinski definition) is 1. The van der Waals surface area contributed by atoms with Crippen molar-refractivity contribution in [2.45, 2.75) is 13.0 Å². The zero-order valence-electron chi connectivity index (χ0n) is 11.1. The molecule has 1 saturated heterocycles. The minimum absolute atomic E-state index is 0.123. The van der Waals surface area contributed by atoms with Gasteiger partial charge in [-0.15, -0.1) is 10.2 Å². The number of rotatable bonds is 4. The van der Waals surface area contributed by atoms with Crippen molar-refractivity contribution >= 4 is 11.7 Å². The molecule has 1 N–H and O–H groups in total. The highest BCUT2D eigenvalue weighted by Crippen LogP contribution is 2.15. The van der Waals surface area contributed by atoms with Gasteiger partial charge in [-0.1, -0.05) is 0 Å². The number of carbonyl (C=O) groups is 1. The van der Waals surface area contributed by atoms with Gasteiger partial charge in [0.1, 0.15) is 0 Å². The lowest BCUT2D eigenvalue weighted by Gasteiger charge is -2.38. The number of amides is 1. The number of carbonyl (C=O) groups excluding carboxylic acids is 1. The van der Waals surface area contributed by atoms with Crippen LogP contribution in [0.2, 0.25) is 0 Å². The number of nitrogens with zero attached hydrogens (tertiary/aromatic N) is 4. The van der Waals surface area contributed by atoms with Gasteiger partial charge < -0.3 is 15.1 Å². The highest BCUT2D eigenvalue weighted by Gasteiger charge is 2.24. The second-order valence-electron chi connectivity index (χ2n) is 4.57. The van der Waals surface area contributed by atoms with E-state index in [-0.39, 0.29) is 5.91 Å². The normalized spacial score (nSPS) is 15.1. The molecule has 1 aromatic heterocycles. The predicted molar refractivity (Wildman–Crippen MR) is 69.7 cm³/mol.